The zero-order valence-corrected chi connectivity index (χ0v) is 12.3. The van der Waals surface area contributed by atoms with E-state index >= 15 is 0 Å². The van der Waals surface area contributed by atoms with E-state index in [9.17, 15) is 4.79 Å². The molecule has 18 heavy (non-hydrogen) atoms. The van der Waals surface area contributed by atoms with Crippen molar-refractivity contribution in [3.63, 3.8) is 0 Å². The molecule has 3 heteroatoms. The van der Waals surface area contributed by atoms with E-state index in [1.807, 2.05) is 0 Å². The number of rotatable bonds is 8. The van der Waals surface area contributed by atoms with Crippen molar-refractivity contribution in [2.75, 3.05) is 13.1 Å². The average Bonchev–Trinajstić information content (AvgIpc) is 2.78. The van der Waals surface area contributed by atoms with Crippen LogP contribution in [-0.2, 0) is 4.79 Å². The summed E-state index contributed by atoms with van der Waals surface area (Å²) in [6.45, 7) is 8.46. The summed E-state index contributed by atoms with van der Waals surface area (Å²) in [7, 11) is 0. The van der Waals surface area contributed by atoms with E-state index in [4.69, 9.17) is 0 Å². The zero-order valence-electron chi connectivity index (χ0n) is 12.3. The number of carbonyl (C=O) groups excluding carboxylic acids is 1. The molecule has 1 atom stereocenters. The van der Waals surface area contributed by atoms with Gasteiger partial charge in [-0.2, -0.15) is 0 Å². The Balaban J connectivity index is 2.25. The van der Waals surface area contributed by atoms with Crippen LogP contribution < -0.4 is 10.6 Å². The van der Waals surface area contributed by atoms with Crippen molar-refractivity contribution in [1.82, 2.24) is 10.6 Å². The van der Waals surface area contributed by atoms with Crippen molar-refractivity contribution in [1.29, 1.82) is 0 Å². The molecule has 0 spiro atoms. The Bertz CT molecular complexity index is 245. The van der Waals surface area contributed by atoms with E-state index in [1.54, 1.807) is 0 Å². The van der Waals surface area contributed by atoms with Gasteiger partial charge in [0.15, 0.2) is 0 Å². The maximum atomic E-state index is 12.3. The van der Waals surface area contributed by atoms with Crippen molar-refractivity contribution in [3.8, 4) is 0 Å². The lowest BCUT2D eigenvalue weighted by molar-refractivity contribution is -0.127. The molecule has 1 aliphatic heterocycles. The van der Waals surface area contributed by atoms with E-state index in [0.29, 0.717) is 0 Å². The molecule has 1 fully saturated rings. The van der Waals surface area contributed by atoms with Gasteiger partial charge in [-0.3, -0.25) is 4.79 Å². The van der Waals surface area contributed by atoms with Crippen LogP contribution in [0.15, 0.2) is 0 Å². The molecule has 2 N–H and O–H groups in total. The molecule has 1 unspecified atom stereocenters. The van der Waals surface area contributed by atoms with Crippen LogP contribution in [0.3, 0.4) is 0 Å². The maximum Gasteiger partial charge on any atom is 0.240 e. The van der Waals surface area contributed by atoms with Crippen molar-refractivity contribution in [3.05, 3.63) is 0 Å². The molecule has 0 aliphatic carbocycles. The quantitative estimate of drug-likeness (QED) is 0.654. The molecule has 0 bridgehead atoms. The van der Waals surface area contributed by atoms with E-state index in [1.165, 1.54) is 12.8 Å². The van der Waals surface area contributed by atoms with Crippen LogP contribution in [0, 0.1) is 5.92 Å². The van der Waals surface area contributed by atoms with Gasteiger partial charge in [0.2, 0.25) is 5.91 Å². The van der Waals surface area contributed by atoms with Crippen LogP contribution in [0.4, 0.5) is 0 Å². The van der Waals surface area contributed by atoms with E-state index in [0.717, 1.165) is 51.1 Å². The first kappa shape index (κ1) is 15.5. The summed E-state index contributed by atoms with van der Waals surface area (Å²) in [5.41, 5.74) is -0.257. The Morgan fingerprint density at radius 3 is 2.72 bits per heavy atom. The lowest BCUT2D eigenvalue weighted by Gasteiger charge is -2.27. The summed E-state index contributed by atoms with van der Waals surface area (Å²) in [6, 6.07) is 0. The molecule has 0 aromatic heterocycles. The minimum Gasteiger partial charge on any atom is -0.354 e. The fourth-order valence-corrected chi connectivity index (χ4v) is 2.80. The first-order chi connectivity index (χ1) is 8.60. The van der Waals surface area contributed by atoms with Crippen LogP contribution in [0.5, 0.6) is 0 Å². The Morgan fingerprint density at radius 1 is 1.39 bits per heavy atom. The lowest BCUT2D eigenvalue weighted by Crippen LogP contribution is -2.53. The highest BCUT2D eigenvalue weighted by molar-refractivity contribution is 5.86. The van der Waals surface area contributed by atoms with Gasteiger partial charge in [0.25, 0.3) is 0 Å². The molecule has 1 heterocycles. The normalized spacial score (nSPS) is 23.6. The van der Waals surface area contributed by atoms with Gasteiger partial charge >= 0.3 is 0 Å². The number of amides is 1. The van der Waals surface area contributed by atoms with E-state index in [-0.39, 0.29) is 11.4 Å². The van der Waals surface area contributed by atoms with E-state index < -0.39 is 0 Å². The molecule has 1 aliphatic rings. The highest BCUT2D eigenvalue weighted by Crippen LogP contribution is 2.24. The second kappa shape index (κ2) is 7.78. The molecular weight excluding hydrogens is 224 g/mol. The molecule has 0 saturated carbocycles. The molecule has 106 valence electrons. The van der Waals surface area contributed by atoms with Gasteiger partial charge < -0.3 is 10.6 Å². The van der Waals surface area contributed by atoms with Gasteiger partial charge in [-0.15, -0.1) is 0 Å². The topological polar surface area (TPSA) is 41.1 Å². The van der Waals surface area contributed by atoms with Crippen molar-refractivity contribution in [2.45, 2.75) is 71.3 Å². The predicted octanol–water partition coefficient (Wildman–Crippen LogP) is 2.85. The fraction of sp³-hybridized carbons (Fsp3) is 0.933. The van der Waals surface area contributed by atoms with Gasteiger partial charge in [-0.05, 0) is 38.1 Å². The van der Waals surface area contributed by atoms with Crippen molar-refractivity contribution in [2.24, 2.45) is 5.92 Å². The molecular formula is C15H30N2O. The standard InChI is InChI=1S/C15H30N2O/c1-4-9-15(10-7-12-17-15)14(18)16-11-6-5-8-13(2)3/h13,17H,4-12H2,1-3H3,(H,16,18). The Morgan fingerprint density at radius 2 is 2.17 bits per heavy atom. The zero-order chi connectivity index (χ0) is 13.4. The second-order valence-corrected chi connectivity index (χ2v) is 6.01. The molecule has 0 radical (unpaired) electrons. The van der Waals surface area contributed by atoms with Crippen molar-refractivity contribution < 1.29 is 4.79 Å². The molecule has 1 rings (SSSR count). The van der Waals surface area contributed by atoms with Gasteiger partial charge in [0, 0.05) is 6.54 Å². The SMILES string of the molecule is CCCC1(C(=O)NCCCCC(C)C)CCCN1. The molecule has 1 saturated heterocycles. The Hall–Kier alpha value is -0.570. The molecule has 1 amide bonds. The van der Waals surface area contributed by atoms with Crippen LogP contribution >= 0.6 is 0 Å². The third-order valence-corrected chi connectivity index (χ3v) is 3.85. The Labute approximate surface area is 112 Å². The molecule has 0 aromatic carbocycles. The predicted molar refractivity (Wildman–Crippen MR) is 76.6 cm³/mol. The maximum absolute atomic E-state index is 12.3. The first-order valence-corrected chi connectivity index (χ1v) is 7.64. The molecule has 0 aromatic rings. The summed E-state index contributed by atoms with van der Waals surface area (Å²) >= 11 is 0. The first-order valence-electron chi connectivity index (χ1n) is 7.64. The lowest BCUT2D eigenvalue weighted by atomic mass is 9.91. The Kier molecular flexibility index (Phi) is 6.69. The van der Waals surface area contributed by atoms with Crippen LogP contribution in [0.2, 0.25) is 0 Å². The van der Waals surface area contributed by atoms with Gasteiger partial charge in [0.1, 0.15) is 0 Å². The summed E-state index contributed by atoms with van der Waals surface area (Å²) in [5, 5.41) is 6.54. The van der Waals surface area contributed by atoms with E-state index in [2.05, 4.69) is 31.4 Å². The second-order valence-electron chi connectivity index (χ2n) is 6.01. The van der Waals surface area contributed by atoms with Gasteiger partial charge in [-0.1, -0.05) is 40.0 Å². The number of carbonyl (C=O) groups is 1. The minimum absolute atomic E-state index is 0.228. The summed E-state index contributed by atoms with van der Waals surface area (Å²) in [6.07, 6.45) is 7.73. The number of hydrogen-bond acceptors (Lipinski definition) is 2. The molecule has 3 nitrogen and oxygen atoms in total. The minimum atomic E-state index is -0.257. The van der Waals surface area contributed by atoms with Crippen molar-refractivity contribution >= 4 is 5.91 Å². The highest BCUT2D eigenvalue weighted by atomic mass is 16.2. The van der Waals surface area contributed by atoms with Gasteiger partial charge in [-0.25, -0.2) is 0 Å². The summed E-state index contributed by atoms with van der Waals surface area (Å²) in [5.74, 6) is 0.995. The van der Waals surface area contributed by atoms with Crippen LogP contribution in [0.1, 0.15) is 65.7 Å². The highest BCUT2D eigenvalue weighted by Gasteiger charge is 2.39. The third kappa shape index (κ3) is 4.60. The summed E-state index contributed by atoms with van der Waals surface area (Å²) < 4.78 is 0. The van der Waals surface area contributed by atoms with Crippen LogP contribution in [0.25, 0.3) is 0 Å². The largest absolute Gasteiger partial charge is 0.354 e. The monoisotopic (exact) mass is 254 g/mol. The number of unbranched alkanes of at least 4 members (excludes halogenated alkanes) is 1. The number of nitrogens with one attached hydrogen (secondary N) is 2. The van der Waals surface area contributed by atoms with Crippen LogP contribution in [-0.4, -0.2) is 24.5 Å². The third-order valence-electron chi connectivity index (χ3n) is 3.85. The van der Waals surface area contributed by atoms with Gasteiger partial charge in [0.05, 0.1) is 5.54 Å². The smallest absolute Gasteiger partial charge is 0.240 e. The average molecular weight is 254 g/mol. The fourth-order valence-electron chi connectivity index (χ4n) is 2.80. The number of hydrogen-bond donors (Lipinski definition) is 2. The summed E-state index contributed by atoms with van der Waals surface area (Å²) in [4.78, 5) is 12.3.